The fraction of sp³-hybridized carbons (Fsp3) is 0.417. The predicted octanol–water partition coefficient (Wildman–Crippen LogP) is 3.91. The summed E-state index contributed by atoms with van der Waals surface area (Å²) >= 11 is 6.35. The lowest BCUT2D eigenvalue weighted by Crippen LogP contribution is -2.51. The number of hydrogen-bond donors (Lipinski definition) is 2. The molecule has 0 aliphatic heterocycles. The van der Waals surface area contributed by atoms with Gasteiger partial charge in [-0.15, -0.1) is 0 Å². The SMILES string of the molecule is CCOc1ccc(C(=O)NC(C(=O)NCC(c2ccccc2Cl)N(C)C)C(C)C)cc1. The summed E-state index contributed by atoms with van der Waals surface area (Å²) in [7, 11) is 3.88. The largest absolute Gasteiger partial charge is 0.494 e. The number of nitrogens with zero attached hydrogens (tertiary/aromatic N) is 1. The third-order valence-corrected chi connectivity index (χ3v) is 5.36. The van der Waals surface area contributed by atoms with Crippen molar-refractivity contribution in [3.8, 4) is 5.75 Å². The van der Waals surface area contributed by atoms with Crippen LogP contribution in [0.1, 0.15) is 42.7 Å². The topological polar surface area (TPSA) is 70.7 Å². The summed E-state index contributed by atoms with van der Waals surface area (Å²) in [6, 6.07) is 13.7. The van der Waals surface area contributed by atoms with Gasteiger partial charge in [0.15, 0.2) is 0 Å². The Balaban J connectivity index is 2.05. The second kappa shape index (κ2) is 11.7. The van der Waals surface area contributed by atoms with Crippen molar-refractivity contribution < 1.29 is 14.3 Å². The molecule has 2 unspecified atom stereocenters. The quantitative estimate of drug-likeness (QED) is 0.581. The maximum atomic E-state index is 12.9. The first-order valence-electron chi connectivity index (χ1n) is 10.5. The molecular formula is C24H32ClN3O3. The fourth-order valence-corrected chi connectivity index (χ4v) is 3.51. The first-order chi connectivity index (χ1) is 14.7. The molecule has 0 bridgehead atoms. The summed E-state index contributed by atoms with van der Waals surface area (Å²) in [5.74, 6) is 0.0941. The van der Waals surface area contributed by atoms with E-state index < -0.39 is 6.04 Å². The number of carbonyl (C=O) groups is 2. The summed E-state index contributed by atoms with van der Waals surface area (Å²) in [6.07, 6.45) is 0. The fourth-order valence-electron chi connectivity index (χ4n) is 3.25. The molecule has 2 aromatic rings. The average Bonchev–Trinajstić information content (AvgIpc) is 2.73. The van der Waals surface area contributed by atoms with Gasteiger partial charge in [-0.3, -0.25) is 9.59 Å². The van der Waals surface area contributed by atoms with Gasteiger partial charge in [-0.2, -0.15) is 0 Å². The van der Waals surface area contributed by atoms with Crippen molar-refractivity contribution in [2.45, 2.75) is 32.9 Å². The Morgan fingerprint density at radius 3 is 2.26 bits per heavy atom. The van der Waals surface area contributed by atoms with Crippen molar-refractivity contribution in [1.29, 1.82) is 0 Å². The standard InChI is InChI=1S/C24H32ClN3O3/c1-6-31-18-13-11-17(12-14-18)23(29)27-22(16(2)3)24(30)26-15-21(28(4)5)19-9-7-8-10-20(19)25/h7-14,16,21-22H,6,15H2,1-5H3,(H,26,30)(H,27,29). The van der Waals surface area contributed by atoms with Gasteiger partial charge in [-0.1, -0.05) is 43.6 Å². The summed E-state index contributed by atoms with van der Waals surface area (Å²) < 4.78 is 5.41. The normalized spacial score (nSPS) is 13.0. The number of amides is 2. The van der Waals surface area contributed by atoms with Gasteiger partial charge in [-0.25, -0.2) is 0 Å². The molecule has 2 atom stereocenters. The van der Waals surface area contributed by atoms with Crippen LogP contribution in [0.4, 0.5) is 0 Å². The number of carbonyl (C=O) groups excluding carboxylic acids is 2. The van der Waals surface area contributed by atoms with Crippen molar-refractivity contribution in [2.24, 2.45) is 5.92 Å². The van der Waals surface area contributed by atoms with Crippen LogP contribution in [0.3, 0.4) is 0 Å². The van der Waals surface area contributed by atoms with E-state index >= 15 is 0 Å². The number of likely N-dealkylation sites (N-methyl/N-ethyl adjacent to an activating group) is 1. The van der Waals surface area contributed by atoms with E-state index in [9.17, 15) is 9.59 Å². The third kappa shape index (κ3) is 6.97. The Hall–Kier alpha value is -2.57. The van der Waals surface area contributed by atoms with Crippen LogP contribution in [0.5, 0.6) is 5.75 Å². The molecule has 0 aromatic heterocycles. The molecule has 2 rings (SSSR count). The van der Waals surface area contributed by atoms with Gasteiger partial charge in [0, 0.05) is 17.1 Å². The molecule has 0 fully saturated rings. The van der Waals surface area contributed by atoms with Crippen LogP contribution >= 0.6 is 11.6 Å². The van der Waals surface area contributed by atoms with Crippen LogP contribution < -0.4 is 15.4 Å². The number of nitrogens with one attached hydrogen (secondary N) is 2. The second-order valence-electron chi connectivity index (χ2n) is 7.90. The van der Waals surface area contributed by atoms with Crippen molar-refractivity contribution in [1.82, 2.24) is 15.5 Å². The number of halogens is 1. The highest BCUT2D eigenvalue weighted by molar-refractivity contribution is 6.31. The summed E-state index contributed by atoms with van der Waals surface area (Å²) in [5, 5.41) is 6.49. The Labute approximate surface area is 189 Å². The van der Waals surface area contributed by atoms with Gasteiger partial charge in [0.25, 0.3) is 5.91 Å². The highest BCUT2D eigenvalue weighted by Crippen LogP contribution is 2.25. The van der Waals surface area contributed by atoms with Gasteiger partial charge < -0.3 is 20.3 Å². The van der Waals surface area contributed by atoms with Crippen molar-refractivity contribution in [2.75, 3.05) is 27.2 Å². The van der Waals surface area contributed by atoms with E-state index in [1.807, 2.05) is 64.0 Å². The molecule has 2 amide bonds. The van der Waals surface area contributed by atoms with Crippen LogP contribution in [0.15, 0.2) is 48.5 Å². The second-order valence-corrected chi connectivity index (χ2v) is 8.31. The van der Waals surface area contributed by atoms with Crippen LogP contribution in [0.2, 0.25) is 5.02 Å². The average molecular weight is 446 g/mol. The Kier molecular flexibility index (Phi) is 9.34. The molecule has 168 valence electrons. The van der Waals surface area contributed by atoms with Gasteiger partial charge in [0.2, 0.25) is 5.91 Å². The minimum Gasteiger partial charge on any atom is -0.494 e. The highest BCUT2D eigenvalue weighted by Gasteiger charge is 2.26. The number of rotatable bonds is 10. The smallest absolute Gasteiger partial charge is 0.251 e. The molecule has 31 heavy (non-hydrogen) atoms. The highest BCUT2D eigenvalue weighted by atomic mass is 35.5. The van der Waals surface area contributed by atoms with Crippen molar-refractivity contribution in [3.63, 3.8) is 0 Å². The van der Waals surface area contributed by atoms with Crippen molar-refractivity contribution in [3.05, 3.63) is 64.7 Å². The maximum absolute atomic E-state index is 12.9. The van der Waals surface area contributed by atoms with E-state index in [-0.39, 0.29) is 23.8 Å². The molecule has 0 heterocycles. The first kappa shape index (κ1) is 24.7. The zero-order valence-electron chi connectivity index (χ0n) is 18.8. The summed E-state index contributed by atoms with van der Waals surface area (Å²) in [5.41, 5.74) is 1.41. The van der Waals surface area contributed by atoms with Crippen LogP contribution in [0.25, 0.3) is 0 Å². The van der Waals surface area contributed by atoms with Crippen LogP contribution in [0, 0.1) is 5.92 Å². The van der Waals surface area contributed by atoms with Gasteiger partial charge in [0.1, 0.15) is 11.8 Å². The zero-order valence-corrected chi connectivity index (χ0v) is 19.6. The summed E-state index contributed by atoms with van der Waals surface area (Å²) in [4.78, 5) is 27.6. The lowest BCUT2D eigenvalue weighted by molar-refractivity contribution is -0.124. The third-order valence-electron chi connectivity index (χ3n) is 5.02. The molecule has 6 nitrogen and oxygen atoms in total. The van der Waals surface area contributed by atoms with Crippen LogP contribution in [-0.4, -0.2) is 50.0 Å². The van der Waals surface area contributed by atoms with E-state index in [4.69, 9.17) is 16.3 Å². The predicted molar refractivity (Wildman–Crippen MR) is 125 cm³/mol. The van der Waals surface area contributed by atoms with E-state index in [2.05, 4.69) is 10.6 Å². The number of ether oxygens (including phenoxy) is 1. The van der Waals surface area contributed by atoms with E-state index in [0.29, 0.717) is 29.5 Å². The summed E-state index contributed by atoms with van der Waals surface area (Å²) in [6.45, 7) is 6.64. The Morgan fingerprint density at radius 2 is 1.71 bits per heavy atom. The van der Waals surface area contributed by atoms with Gasteiger partial charge in [0.05, 0.1) is 12.6 Å². The number of benzene rings is 2. The first-order valence-corrected chi connectivity index (χ1v) is 10.8. The molecule has 0 aliphatic carbocycles. The molecule has 0 aliphatic rings. The minimum absolute atomic E-state index is 0.0789. The minimum atomic E-state index is -0.659. The molecular weight excluding hydrogens is 414 g/mol. The van der Waals surface area contributed by atoms with E-state index in [0.717, 1.165) is 5.56 Å². The van der Waals surface area contributed by atoms with Crippen molar-refractivity contribution >= 4 is 23.4 Å². The lowest BCUT2D eigenvalue weighted by Gasteiger charge is -2.28. The maximum Gasteiger partial charge on any atom is 0.251 e. The monoisotopic (exact) mass is 445 g/mol. The van der Waals surface area contributed by atoms with E-state index in [1.54, 1.807) is 24.3 Å². The number of hydrogen-bond acceptors (Lipinski definition) is 4. The van der Waals surface area contributed by atoms with Gasteiger partial charge in [-0.05, 0) is 62.8 Å². The molecule has 2 aromatic carbocycles. The molecule has 7 heteroatoms. The van der Waals surface area contributed by atoms with Crippen LogP contribution in [-0.2, 0) is 4.79 Å². The molecule has 0 saturated carbocycles. The van der Waals surface area contributed by atoms with E-state index in [1.165, 1.54) is 0 Å². The molecule has 0 saturated heterocycles. The Bertz CT molecular complexity index is 869. The molecule has 0 radical (unpaired) electrons. The van der Waals surface area contributed by atoms with Gasteiger partial charge >= 0.3 is 0 Å². The Morgan fingerprint density at radius 1 is 1.06 bits per heavy atom. The molecule has 2 N–H and O–H groups in total. The molecule has 0 spiro atoms. The lowest BCUT2D eigenvalue weighted by atomic mass is 10.0. The zero-order chi connectivity index (χ0) is 23.0.